The molecule has 1 heterocycles. The molecule has 1 aliphatic carbocycles. The summed E-state index contributed by atoms with van der Waals surface area (Å²) < 4.78 is 0. The molecule has 0 spiro atoms. The van der Waals surface area contributed by atoms with E-state index in [2.05, 4.69) is 20.6 Å². The van der Waals surface area contributed by atoms with E-state index in [0.29, 0.717) is 16.8 Å². The molecule has 6 heteroatoms. The van der Waals surface area contributed by atoms with Crippen molar-refractivity contribution in [2.24, 2.45) is 0 Å². The summed E-state index contributed by atoms with van der Waals surface area (Å²) in [6.45, 7) is 0. The predicted octanol–water partition coefficient (Wildman–Crippen LogP) is 4.52. The minimum Gasteiger partial charge on any atom is -0.366 e. The van der Waals surface area contributed by atoms with E-state index in [-0.39, 0.29) is 11.6 Å². The Hall–Kier alpha value is -2.14. The maximum atomic E-state index is 12.2. The Kier molecular flexibility index (Phi) is 5.64. The largest absolute Gasteiger partial charge is 0.366 e. The zero-order chi connectivity index (χ0) is 16.8. The maximum absolute atomic E-state index is 12.2. The number of anilines is 2. The number of carbonyl (C=O) groups is 1. The van der Waals surface area contributed by atoms with Crippen LogP contribution in [0.1, 0.15) is 49.0 Å². The fraction of sp³-hybridized carbons (Fsp3) is 0.389. The summed E-state index contributed by atoms with van der Waals surface area (Å²) in [4.78, 5) is 20.7. The first-order valence-electron chi connectivity index (χ1n) is 8.36. The molecule has 24 heavy (non-hydrogen) atoms. The number of benzene rings is 1. The third-order valence-corrected chi connectivity index (χ3v) is 4.41. The van der Waals surface area contributed by atoms with Gasteiger partial charge < -0.3 is 10.6 Å². The SMILES string of the molecule is O=C(Nc1cccc(Cl)c1)c1cnc(NC2CCCCCC2)cn1. The monoisotopic (exact) mass is 344 g/mol. The maximum Gasteiger partial charge on any atom is 0.275 e. The predicted molar refractivity (Wildman–Crippen MR) is 96.5 cm³/mol. The second-order valence-corrected chi connectivity index (χ2v) is 6.52. The van der Waals surface area contributed by atoms with Crippen LogP contribution >= 0.6 is 11.6 Å². The molecule has 0 bridgehead atoms. The van der Waals surface area contributed by atoms with Crippen molar-refractivity contribution in [3.8, 4) is 0 Å². The second kappa shape index (κ2) is 8.11. The first kappa shape index (κ1) is 16.7. The third kappa shape index (κ3) is 4.68. The van der Waals surface area contributed by atoms with Crippen LogP contribution in [-0.2, 0) is 0 Å². The van der Waals surface area contributed by atoms with Gasteiger partial charge in [0.25, 0.3) is 5.91 Å². The van der Waals surface area contributed by atoms with Crippen molar-refractivity contribution in [3.05, 3.63) is 47.4 Å². The number of hydrogen-bond acceptors (Lipinski definition) is 4. The van der Waals surface area contributed by atoms with Crippen LogP contribution in [0.4, 0.5) is 11.5 Å². The molecule has 0 saturated heterocycles. The van der Waals surface area contributed by atoms with E-state index in [4.69, 9.17) is 11.6 Å². The Labute approximate surface area is 146 Å². The van der Waals surface area contributed by atoms with Gasteiger partial charge in [0.2, 0.25) is 0 Å². The minimum atomic E-state index is -0.300. The van der Waals surface area contributed by atoms with Crippen molar-refractivity contribution in [1.82, 2.24) is 9.97 Å². The lowest BCUT2D eigenvalue weighted by atomic mass is 10.1. The number of carbonyl (C=O) groups excluding carboxylic acids is 1. The number of halogens is 1. The highest BCUT2D eigenvalue weighted by Gasteiger charge is 2.13. The van der Waals surface area contributed by atoms with E-state index >= 15 is 0 Å². The van der Waals surface area contributed by atoms with Crippen LogP contribution in [0.2, 0.25) is 5.02 Å². The average Bonchev–Trinajstić information content (AvgIpc) is 2.84. The van der Waals surface area contributed by atoms with E-state index < -0.39 is 0 Å². The van der Waals surface area contributed by atoms with Gasteiger partial charge in [0, 0.05) is 16.8 Å². The van der Waals surface area contributed by atoms with Crippen LogP contribution in [0.5, 0.6) is 0 Å². The number of hydrogen-bond donors (Lipinski definition) is 2. The highest BCUT2D eigenvalue weighted by atomic mass is 35.5. The lowest BCUT2D eigenvalue weighted by molar-refractivity contribution is 0.102. The summed E-state index contributed by atoms with van der Waals surface area (Å²) in [6.07, 6.45) is 10.6. The molecule has 3 rings (SSSR count). The Balaban J connectivity index is 1.60. The van der Waals surface area contributed by atoms with Gasteiger partial charge in [-0.05, 0) is 31.0 Å². The van der Waals surface area contributed by atoms with Crippen molar-refractivity contribution >= 4 is 29.0 Å². The lowest BCUT2D eigenvalue weighted by Gasteiger charge is -2.16. The quantitative estimate of drug-likeness (QED) is 0.800. The molecule has 2 aromatic rings. The first-order valence-corrected chi connectivity index (χ1v) is 8.74. The topological polar surface area (TPSA) is 66.9 Å². The molecule has 1 aliphatic rings. The fourth-order valence-corrected chi connectivity index (χ4v) is 3.10. The van der Waals surface area contributed by atoms with Crippen LogP contribution in [0.3, 0.4) is 0 Å². The Bertz CT molecular complexity index is 682. The van der Waals surface area contributed by atoms with E-state index in [1.807, 2.05) is 0 Å². The first-order chi connectivity index (χ1) is 11.7. The van der Waals surface area contributed by atoms with Gasteiger partial charge in [-0.3, -0.25) is 4.79 Å². The summed E-state index contributed by atoms with van der Waals surface area (Å²) in [6, 6.07) is 7.45. The number of nitrogens with zero attached hydrogens (tertiary/aromatic N) is 2. The molecule has 5 nitrogen and oxygen atoms in total. The minimum absolute atomic E-state index is 0.279. The van der Waals surface area contributed by atoms with Gasteiger partial charge in [-0.2, -0.15) is 0 Å². The smallest absolute Gasteiger partial charge is 0.275 e. The van der Waals surface area contributed by atoms with Gasteiger partial charge in [-0.15, -0.1) is 0 Å². The number of aromatic nitrogens is 2. The second-order valence-electron chi connectivity index (χ2n) is 6.08. The molecule has 1 saturated carbocycles. The van der Waals surface area contributed by atoms with E-state index in [1.165, 1.54) is 44.7 Å². The molecule has 126 valence electrons. The normalized spacial score (nSPS) is 15.5. The van der Waals surface area contributed by atoms with Crippen LogP contribution in [0.15, 0.2) is 36.7 Å². The molecule has 1 amide bonds. The Morgan fingerprint density at radius 1 is 1.08 bits per heavy atom. The van der Waals surface area contributed by atoms with Gasteiger partial charge in [0.1, 0.15) is 11.5 Å². The number of amides is 1. The molecular weight excluding hydrogens is 324 g/mol. The standard InChI is InChI=1S/C18H21ClN4O/c19-13-6-5-9-15(10-13)23-18(24)16-11-21-17(12-20-16)22-14-7-3-1-2-4-8-14/h5-6,9-12,14H,1-4,7-8H2,(H,21,22)(H,23,24). The molecule has 0 atom stereocenters. The van der Waals surface area contributed by atoms with Crippen LogP contribution in [0.25, 0.3) is 0 Å². The highest BCUT2D eigenvalue weighted by molar-refractivity contribution is 6.30. The molecule has 0 aliphatic heterocycles. The van der Waals surface area contributed by atoms with E-state index in [1.54, 1.807) is 30.5 Å². The summed E-state index contributed by atoms with van der Waals surface area (Å²) in [5.74, 6) is 0.423. The van der Waals surface area contributed by atoms with Crippen molar-refractivity contribution in [3.63, 3.8) is 0 Å². The summed E-state index contributed by atoms with van der Waals surface area (Å²) in [5, 5.41) is 6.75. The van der Waals surface area contributed by atoms with Crippen LogP contribution in [0, 0.1) is 0 Å². The summed E-state index contributed by atoms with van der Waals surface area (Å²) in [7, 11) is 0. The van der Waals surface area contributed by atoms with Gasteiger partial charge in [0.15, 0.2) is 0 Å². The van der Waals surface area contributed by atoms with Gasteiger partial charge >= 0.3 is 0 Å². The van der Waals surface area contributed by atoms with Gasteiger partial charge in [0.05, 0.1) is 12.4 Å². The zero-order valence-electron chi connectivity index (χ0n) is 13.5. The highest BCUT2D eigenvalue weighted by Crippen LogP contribution is 2.20. The molecule has 1 aromatic heterocycles. The van der Waals surface area contributed by atoms with Crippen molar-refractivity contribution < 1.29 is 4.79 Å². The summed E-state index contributed by atoms with van der Waals surface area (Å²) in [5.41, 5.74) is 0.913. The van der Waals surface area contributed by atoms with Crippen molar-refractivity contribution in [2.45, 2.75) is 44.6 Å². The van der Waals surface area contributed by atoms with Crippen molar-refractivity contribution in [1.29, 1.82) is 0 Å². The summed E-state index contributed by atoms with van der Waals surface area (Å²) >= 11 is 5.91. The molecule has 2 N–H and O–H groups in total. The van der Waals surface area contributed by atoms with Gasteiger partial charge in [-0.25, -0.2) is 9.97 Å². The Morgan fingerprint density at radius 3 is 2.54 bits per heavy atom. The molecule has 0 unspecified atom stereocenters. The fourth-order valence-electron chi connectivity index (χ4n) is 2.91. The van der Waals surface area contributed by atoms with Crippen LogP contribution < -0.4 is 10.6 Å². The zero-order valence-corrected chi connectivity index (χ0v) is 14.2. The van der Waals surface area contributed by atoms with Gasteiger partial charge in [-0.1, -0.05) is 43.4 Å². The number of nitrogens with one attached hydrogen (secondary N) is 2. The Morgan fingerprint density at radius 2 is 1.88 bits per heavy atom. The average molecular weight is 345 g/mol. The van der Waals surface area contributed by atoms with Crippen LogP contribution in [-0.4, -0.2) is 21.9 Å². The lowest BCUT2D eigenvalue weighted by Crippen LogP contribution is -2.20. The molecular formula is C18H21ClN4O. The van der Waals surface area contributed by atoms with E-state index in [9.17, 15) is 4.79 Å². The molecule has 0 radical (unpaired) electrons. The molecule has 1 aromatic carbocycles. The third-order valence-electron chi connectivity index (χ3n) is 4.17. The van der Waals surface area contributed by atoms with Crippen molar-refractivity contribution in [2.75, 3.05) is 10.6 Å². The molecule has 1 fully saturated rings. The van der Waals surface area contributed by atoms with E-state index in [0.717, 1.165) is 5.82 Å². The number of rotatable bonds is 4.